The number of nitrogens with two attached hydrogens (primary N) is 1. The lowest BCUT2D eigenvalue weighted by Gasteiger charge is -2.10. The van der Waals surface area contributed by atoms with Crippen LogP contribution in [0.1, 0.15) is 5.89 Å². The lowest BCUT2D eigenvalue weighted by Crippen LogP contribution is -2.19. The van der Waals surface area contributed by atoms with Crippen molar-refractivity contribution in [2.24, 2.45) is 10.7 Å². The molecule has 0 spiro atoms. The number of aliphatic imine (C=N–C) groups is 1. The van der Waals surface area contributed by atoms with Crippen molar-refractivity contribution < 1.29 is 39.5 Å². The molecule has 7 nitrogen and oxygen atoms in total. The summed E-state index contributed by atoms with van der Waals surface area (Å²) in [5.41, 5.74) is 6.08. The van der Waals surface area contributed by atoms with E-state index in [0.29, 0.717) is 34.0 Å². The van der Waals surface area contributed by atoms with Crippen LogP contribution in [0.25, 0.3) is 33.7 Å². The summed E-state index contributed by atoms with van der Waals surface area (Å²) >= 11 is 0. The fourth-order valence-electron chi connectivity index (χ4n) is 3.81. The van der Waals surface area contributed by atoms with E-state index in [-0.39, 0.29) is 28.0 Å². The second-order valence-corrected chi connectivity index (χ2v) is 10.8. The van der Waals surface area contributed by atoms with Crippen LogP contribution in [0.15, 0.2) is 92.8 Å². The Morgan fingerprint density at radius 1 is 1.02 bits per heavy atom. The molecule has 0 bridgehead atoms. The summed E-state index contributed by atoms with van der Waals surface area (Å²) in [6.45, 7) is -1.42. The van der Waals surface area contributed by atoms with Gasteiger partial charge in [0, 0.05) is 30.5 Å². The zero-order chi connectivity index (χ0) is 29.9. The summed E-state index contributed by atoms with van der Waals surface area (Å²) in [7, 11) is -3.51. The van der Waals surface area contributed by atoms with Gasteiger partial charge in [0.1, 0.15) is 17.1 Å². The van der Waals surface area contributed by atoms with Gasteiger partial charge in [0.2, 0.25) is 0 Å². The third kappa shape index (κ3) is 7.17. The molecule has 0 atom stereocenters. The predicted octanol–water partition coefficient (Wildman–Crippen LogP) is 7.10. The molecule has 0 aliphatic rings. The number of allylic oxidation sites excluding steroid dienone is 2. The van der Waals surface area contributed by atoms with Crippen molar-refractivity contribution in [3.05, 3.63) is 84.4 Å². The predicted molar refractivity (Wildman–Crippen MR) is 144 cm³/mol. The molecule has 0 aliphatic heterocycles. The van der Waals surface area contributed by atoms with Gasteiger partial charge >= 0.3 is 12.8 Å². The molecule has 0 radical (unpaired) electrons. The number of alkyl halides is 5. The molecule has 1 heterocycles. The highest BCUT2D eigenvalue weighted by Gasteiger charge is 2.30. The normalized spacial score (nSPS) is 12.8. The highest BCUT2D eigenvalue weighted by Crippen LogP contribution is 2.41. The van der Waals surface area contributed by atoms with Gasteiger partial charge in [-0.1, -0.05) is 18.2 Å². The number of nitrogens with zero attached hydrogens (tertiary/aromatic N) is 2. The van der Waals surface area contributed by atoms with E-state index in [0.717, 1.165) is 12.5 Å². The van der Waals surface area contributed by atoms with Crippen LogP contribution in [0.3, 0.4) is 0 Å². The van der Waals surface area contributed by atoms with Crippen molar-refractivity contribution in [1.29, 1.82) is 0 Å². The largest absolute Gasteiger partial charge is 0.440 e. The van der Waals surface area contributed by atoms with E-state index in [9.17, 15) is 30.4 Å². The third-order valence-corrected chi connectivity index (χ3v) is 6.83. The van der Waals surface area contributed by atoms with Crippen molar-refractivity contribution >= 4 is 21.7 Å². The summed E-state index contributed by atoms with van der Waals surface area (Å²) < 4.78 is 98.2. The Balaban J connectivity index is 1.87. The smallest absolute Gasteiger partial charge is 0.430 e. The Morgan fingerprint density at radius 2 is 1.68 bits per heavy atom. The van der Waals surface area contributed by atoms with Gasteiger partial charge in [-0.25, -0.2) is 13.4 Å². The Morgan fingerprint density at radius 3 is 2.32 bits per heavy atom. The van der Waals surface area contributed by atoms with Crippen molar-refractivity contribution in [2.75, 3.05) is 6.26 Å². The second-order valence-electron chi connectivity index (χ2n) is 8.74. The van der Waals surface area contributed by atoms with E-state index in [1.165, 1.54) is 42.5 Å². The first kappa shape index (κ1) is 29.5. The average Bonchev–Trinajstić information content (AvgIpc) is 3.29. The fourth-order valence-corrected chi connectivity index (χ4v) is 4.48. The van der Waals surface area contributed by atoms with Crippen LogP contribution >= 0.6 is 0 Å². The molecule has 41 heavy (non-hydrogen) atoms. The highest BCUT2D eigenvalue weighted by molar-refractivity contribution is 7.90. The number of halogens is 5. The molecule has 2 N–H and O–H groups in total. The Labute approximate surface area is 231 Å². The molecular formula is C28H22F5N3O4S. The van der Waals surface area contributed by atoms with Gasteiger partial charge in [0.05, 0.1) is 10.6 Å². The number of benzene rings is 3. The van der Waals surface area contributed by atoms with Crippen molar-refractivity contribution in [1.82, 2.24) is 4.98 Å². The third-order valence-electron chi connectivity index (χ3n) is 5.72. The number of aryl methyl sites for hydroxylation is 1. The number of rotatable bonds is 8. The van der Waals surface area contributed by atoms with Crippen molar-refractivity contribution in [3.8, 4) is 39.5 Å². The van der Waals surface area contributed by atoms with Crippen LogP contribution in [0.4, 0.5) is 27.6 Å². The van der Waals surface area contributed by atoms with Crippen LogP contribution in [-0.4, -0.2) is 38.7 Å². The molecule has 0 aliphatic carbocycles. The van der Waals surface area contributed by atoms with Gasteiger partial charge in [-0.15, -0.1) is 0 Å². The minimum absolute atomic E-state index is 0.0717. The van der Waals surface area contributed by atoms with Gasteiger partial charge in [0.15, 0.2) is 21.5 Å². The lowest BCUT2D eigenvalue weighted by molar-refractivity contribution is -0.0925. The molecular weight excluding hydrogens is 569 g/mol. The molecule has 4 rings (SSSR count). The average molecular weight is 592 g/mol. The molecule has 0 fully saturated rings. The lowest BCUT2D eigenvalue weighted by atomic mass is 9.98. The number of oxazole rings is 1. The molecule has 1 aromatic heterocycles. The summed E-state index contributed by atoms with van der Waals surface area (Å²) in [5, 5.41) is 0. The maximum absolute atomic E-state index is 12.8. The molecule has 0 amide bonds. The number of hydrogen-bond donors (Lipinski definition) is 1. The van der Waals surface area contributed by atoms with E-state index in [2.05, 4.69) is 14.7 Å². The number of ether oxygens (including phenoxy) is 1. The monoisotopic (exact) mass is 591 g/mol. The van der Waals surface area contributed by atoms with Crippen molar-refractivity contribution in [3.63, 3.8) is 0 Å². The highest BCUT2D eigenvalue weighted by atomic mass is 32.2. The van der Waals surface area contributed by atoms with E-state index in [4.69, 9.17) is 10.2 Å². The number of aromatic nitrogens is 1. The van der Waals surface area contributed by atoms with Gasteiger partial charge in [-0.05, 0) is 65.7 Å². The summed E-state index contributed by atoms with van der Waals surface area (Å²) in [4.78, 5) is 8.65. The Kier molecular flexibility index (Phi) is 8.29. The van der Waals surface area contributed by atoms with Crippen molar-refractivity contribution in [2.45, 2.75) is 24.6 Å². The zero-order valence-corrected chi connectivity index (χ0v) is 22.3. The second kappa shape index (κ2) is 11.5. The summed E-state index contributed by atoms with van der Waals surface area (Å²) in [6.07, 6.45) is -2.15. The quantitative estimate of drug-likeness (QED) is 0.173. The topological polar surface area (TPSA) is 108 Å². The molecule has 4 aromatic rings. The van der Waals surface area contributed by atoms with Gasteiger partial charge in [-0.2, -0.15) is 22.0 Å². The number of sulfone groups is 1. The zero-order valence-electron chi connectivity index (χ0n) is 21.5. The van der Waals surface area contributed by atoms with Crippen LogP contribution in [-0.2, 0) is 9.84 Å². The molecule has 214 valence electrons. The fraction of sp³-hybridized carbons (Fsp3) is 0.143. The first-order valence-electron chi connectivity index (χ1n) is 11.8. The van der Waals surface area contributed by atoms with Crippen LogP contribution in [0.5, 0.6) is 5.75 Å². The minimum Gasteiger partial charge on any atom is -0.440 e. The van der Waals surface area contributed by atoms with Crippen LogP contribution < -0.4 is 10.5 Å². The maximum atomic E-state index is 12.8. The summed E-state index contributed by atoms with van der Waals surface area (Å²) in [6, 6.07) is 16.6. The molecule has 0 saturated carbocycles. The first-order chi connectivity index (χ1) is 19.2. The number of hydrogen-bond acceptors (Lipinski definition) is 7. The van der Waals surface area contributed by atoms with E-state index in [1.54, 1.807) is 31.2 Å². The molecule has 0 unspecified atom stereocenters. The summed E-state index contributed by atoms with van der Waals surface area (Å²) in [5.74, 6) is 0.354. The first-order valence-corrected chi connectivity index (χ1v) is 13.7. The van der Waals surface area contributed by atoms with E-state index in [1.807, 2.05) is 0 Å². The van der Waals surface area contributed by atoms with Gasteiger partial charge < -0.3 is 14.9 Å². The van der Waals surface area contributed by atoms with Gasteiger partial charge in [-0.3, -0.25) is 4.99 Å². The van der Waals surface area contributed by atoms with E-state index < -0.39 is 28.3 Å². The molecule has 13 heteroatoms. The van der Waals surface area contributed by atoms with E-state index >= 15 is 0 Å². The SMILES string of the molecule is Cc1nc(-c2ccc(OC(F)F)cc2)c(-c2cc(-c3cccc(S(C)(=O)=O)c3)ccc2N=CC=C(N)C(F)(F)F)o1. The minimum atomic E-state index is -4.74. The Hall–Kier alpha value is -4.52. The van der Waals surface area contributed by atoms with Crippen LogP contribution in [0.2, 0.25) is 0 Å². The molecule has 0 saturated heterocycles. The molecule has 3 aromatic carbocycles. The Bertz CT molecular complexity index is 1730. The maximum Gasteiger partial charge on any atom is 0.430 e. The standard InChI is InChI=1S/C28H22F5N3O4S/c1-16-36-25(17-6-9-20(10-7-17)40-27(29)30)26(39-16)22-15-19(18-4-3-5-21(14-18)41(2,37)38)8-11-23(22)35-13-12-24(34)28(31,32)33/h3-15,27H,34H2,1-2H3. The van der Waals surface area contributed by atoms with Crippen LogP contribution in [0, 0.1) is 6.92 Å². The van der Waals surface area contributed by atoms with Gasteiger partial charge in [0.25, 0.3) is 0 Å².